The lowest BCUT2D eigenvalue weighted by molar-refractivity contribution is 0.262. The zero-order valence-corrected chi connectivity index (χ0v) is 23.2. The summed E-state index contributed by atoms with van der Waals surface area (Å²) in [5.74, 6) is 1.70. The van der Waals surface area contributed by atoms with E-state index in [1.54, 1.807) is 6.07 Å². The Morgan fingerprint density at radius 1 is 1.05 bits per heavy atom. The average Bonchev–Trinajstić information content (AvgIpc) is 3.61. The van der Waals surface area contributed by atoms with Crippen LogP contribution in [0.2, 0.25) is 0 Å². The number of nitrogens with zero attached hydrogens (tertiary/aromatic N) is 4. The van der Waals surface area contributed by atoms with Gasteiger partial charge in [-0.05, 0) is 37.6 Å². The highest BCUT2D eigenvalue weighted by atomic mass is 32.1. The lowest BCUT2D eigenvalue weighted by atomic mass is 9.93. The van der Waals surface area contributed by atoms with Crippen molar-refractivity contribution in [3.63, 3.8) is 0 Å². The zero-order chi connectivity index (χ0) is 27.4. The van der Waals surface area contributed by atoms with Gasteiger partial charge in [0.1, 0.15) is 10.6 Å². The Bertz CT molecular complexity index is 1560. The van der Waals surface area contributed by atoms with Crippen molar-refractivity contribution in [3.05, 3.63) is 54.4 Å². The van der Waals surface area contributed by atoms with Gasteiger partial charge in [0.05, 0.1) is 17.8 Å². The van der Waals surface area contributed by atoms with Gasteiger partial charge in [-0.1, -0.05) is 62.2 Å². The van der Waals surface area contributed by atoms with Gasteiger partial charge in [-0.2, -0.15) is 0 Å². The van der Waals surface area contributed by atoms with Crippen LogP contribution >= 0.6 is 11.3 Å². The Morgan fingerprint density at radius 3 is 2.59 bits per heavy atom. The summed E-state index contributed by atoms with van der Waals surface area (Å²) in [6.07, 6.45) is 6.30. The number of pyridine rings is 1. The van der Waals surface area contributed by atoms with Crippen LogP contribution in [0.4, 0.5) is 16.3 Å². The van der Waals surface area contributed by atoms with Crippen molar-refractivity contribution in [2.24, 2.45) is 5.73 Å². The number of benzene rings is 1. The molecule has 0 radical (unpaired) electrons. The predicted molar refractivity (Wildman–Crippen MR) is 155 cm³/mol. The van der Waals surface area contributed by atoms with E-state index < -0.39 is 6.03 Å². The first kappa shape index (κ1) is 26.6. The minimum atomic E-state index is -0.395. The number of aromatic nitrogens is 4. The molecule has 0 saturated carbocycles. The van der Waals surface area contributed by atoms with E-state index in [0.29, 0.717) is 29.8 Å². The van der Waals surface area contributed by atoms with Crippen molar-refractivity contribution in [3.8, 4) is 17.1 Å². The van der Waals surface area contributed by atoms with Crippen molar-refractivity contribution in [2.45, 2.75) is 51.9 Å². The monoisotopic (exact) mass is 547 g/mol. The molecule has 0 aliphatic heterocycles. The lowest BCUT2D eigenvalue weighted by Gasteiger charge is -2.12. The van der Waals surface area contributed by atoms with Gasteiger partial charge in [-0.15, -0.1) is 0 Å². The molecule has 0 aliphatic rings. The number of ether oxygens (including phenoxy) is 1. The van der Waals surface area contributed by atoms with E-state index in [1.165, 1.54) is 11.3 Å². The van der Waals surface area contributed by atoms with Gasteiger partial charge in [0, 0.05) is 35.0 Å². The summed E-state index contributed by atoms with van der Waals surface area (Å²) in [6, 6.07) is 12.8. The third-order valence-corrected chi connectivity index (χ3v) is 7.18. The van der Waals surface area contributed by atoms with Crippen molar-refractivity contribution in [2.75, 3.05) is 23.8 Å². The van der Waals surface area contributed by atoms with Crippen LogP contribution in [0.1, 0.15) is 52.2 Å². The van der Waals surface area contributed by atoms with Crippen LogP contribution in [0.25, 0.3) is 26.6 Å². The third kappa shape index (κ3) is 6.37. The normalized spacial score (nSPS) is 11.8. The van der Waals surface area contributed by atoms with Gasteiger partial charge >= 0.3 is 6.03 Å². The first-order valence-electron chi connectivity index (χ1n) is 13.1. The van der Waals surface area contributed by atoms with Crippen LogP contribution in [-0.2, 0) is 5.41 Å². The molecule has 0 unspecified atom stereocenters. The molecule has 11 heteroatoms. The molecule has 4 aromatic heterocycles. The fourth-order valence-corrected chi connectivity index (χ4v) is 5.03. The number of imidazole rings is 1. The predicted octanol–water partition coefficient (Wildman–Crippen LogP) is 6.44. The number of urea groups is 1. The van der Waals surface area contributed by atoms with Gasteiger partial charge < -0.3 is 20.3 Å². The second kappa shape index (κ2) is 11.4. The molecular formula is C28H33N7O3S. The second-order valence-electron chi connectivity index (χ2n) is 10.4. The van der Waals surface area contributed by atoms with Gasteiger partial charge in [0.15, 0.2) is 10.8 Å². The summed E-state index contributed by atoms with van der Waals surface area (Å²) in [7, 11) is 0. The third-order valence-electron chi connectivity index (χ3n) is 6.21. The van der Waals surface area contributed by atoms with Gasteiger partial charge in [-0.25, -0.2) is 14.8 Å². The Balaban J connectivity index is 1.20. The first-order chi connectivity index (χ1) is 18.8. The van der Waals surface area contributed by atoms with Crippen LogP contribution in [0.5, 0.6) is 5.88 Å². The Morgan fingerprint density at radius 2 is 1.85 bits per heavy atom. The average molecular weight is 548 g/mol. The SMILES string of the molecule is CC(C)(C)c1cc(NC(=O)Nc2ccc(-c3cn4c(n3)sc3nc(OCCCCCCN)ccc34)cc2)no1. The molecule has 0 saturated heterocycles. The molecule has 204 valence electrons. The summed E-state index contributed by atoms with van der Waals surface area (Å²) >= 11 is 1.53. The highest BCUT2D eigenvalue weighted by Gasteiger charge is 2.20. The van der Waals surface area contributed by atoms with Crippen LogP contribution in [0.15, 0.2) is 53.2 Å². The van der Waals surface area contributed by atoms with E-state index in [4.69, 9.17) is 20.0 Å². The molecule has 10 nitrogen and oxygen atoms in total. The van der Waals surface area contributed by atoms with Crippen molar-refractivity contribution in [1.82, 2.24) is 19.5 Å². The summed E-state index contributed by atoms with van der Waals surface area (Å²) < 4.78 is 13.2. The fourth-order valence-electron chi connectivity index (χ4n) is 4.06. The standard InChI is InChI=1S/C28H33N7O3S/c1-28(2,3)22-16-23(34-38-22)32-26(36)30-19-10-8-18(9-11-19)20-17-35-21-12-13-24(33-25(21)39-27(35)31-20)37-15-7-5-4-6-14-29/h8-13,16-17H,4-7,14-15,29H2,1-3H3,(H2,30,32,34,36). The van der Waals surface area contributed by atoms with E-state index in [0.717, 1.165) is 58.8 Å². The number of nitrogens with two attached hydrogens (primary N) is 1. The Kier molecular flexibility index (Phi) is 7.80. The maximum atomic E-state index is 12.4. The molecular weight excluding hydrogens is 514 g/mol. The van der Waals surface area contributed by atoms with E-state index in [1.807, 2.05) is 67.8 Å². The second-order valence-corrected chi connectivity index (χ2v) is 11.3. The van der Waals surface area contributed by atoms with Crippen molar-refractivity contribution in [1.29, 1.82) is 0 Å². The largest absolute Gasteiger partial charge is 0.478 e. The van der Waals surface area contributed by atoms with Crippen LogP contribution in [0.3, 0.4) is 0 Å². The number of carbonyl (C=O) groups excluding carboxylic acids is 1. The van der Waals surface area contributed by atoms with E-state index in [2.05, 4.69) is 20.8 Å². The molecule has 5 rings (SSSR count). The Labute approximate surface area is 230 Å². The molecule has 0 fully saturated rings. The van der Waals surface area contributed by atoms with E-state index in [-0.39, 0.29) is 5.41 Å². The number of nitrogens with one attached hydrogen (secondary N) is 2. The van der Waals surface area contributed by atoms with Crippen molar-refractivity contribution < 1.29 is 14.1 Å². The number of anilines is 2. The number of carbonyl (C=O) groups is 1. The van der Waals surface area contributed by atoms with E-state index >= 15 is 0 Å². The number of unbranched alkanes of at least 4 members (excludes halogenated alkanes) is 3. The smallest absolute Gasteiger partial charge is 0.324 e. The first-order valence-corrected chi connectivity index (χ1v) is 13.9. The maximum absolute atomic E-state index is 12.4. The number of amides is 2. The topological polar surface area (TPSA) is 133 Å². The van der Waals surface area contributed by atoms with Crippen LogP contribution in [0, 0.1) is 0 Å². The fraction of sp³-hybridized carbons (Fsp3) is 0.357. The van der Waals surface area contributed by atoms with E-state index in [9.17, 15) is 4.79 Å². The zero-order valence-electron chi connectivity index (χ0n) is 22.4. The molecule has 0 atom stereocenters. The molecule has 1 aromatic carbocycles. The van der Waals surface area contributed by atoms with Gasteiger partial charge in [0.2, 0.25) is 5.88 Å². The minimum Gasteiger partial charge on any atom is -0.478 e. The quantitative estimate of drug-likeness (QED) is 0.171. The highest BCUT2D eigenvalue weighted by Crippen LogP contribution is 2.30. The lowest BCUT2D eigenvalue weighted by Crippen LogP contribution is -2.19. The van der Waals surface area contributed by atoms with Crippen LogP contribution in [-0.4, -0.2) is 38.7 Å². The molecule has 39 heavy (non-hydrogen) atoms. The summed E-state index contributed by atoms with van der Waals surface area (Å²) in [5, 5.41) is 9.43. The van der Waals surface area contributed by atoms with Gasteiger partial charge in [0.25, 0.3) is 0 Å². The molecule has 0 spiro atoms. The molecule has 5 aromatic rings. The maximum Gasteiger partial charge on any atom is 0.324 e. The number of rotatable bonds is 10. The minimum absolute atomic E-state index is 0.189. The molecule has 4 N–H and O–H groups in total. The summed E-state index contributed by atoms with van der Waals surface area (Å²) in [5.41, 5.74) is 8.77. The summed E-state index contributed by atoms with van der Waals surface area (Å²) in [6.45, 7) is 7.44. The molecule has 0 aliphatic carbocycles. The van der Waals surface area contributed by atoms with Crippen LogP contribution < -0.4 is 21.1 Å². The number of hydrogen-bond acceptors (Lipinski definition) is 8. The number of hydrogen-bond donors (Lipinski definition) is 3. The Hall–Kier alpha value is -3.96. The highest BCUT2D eigenvalue weighted by molar-refractivity contribution is 7.23. The van der Waals surface area contributed by atoms with Crippen molar-refractivity contribution >= 4 is 44.2 Å². The number of fused-ring (bicyclic) bond motifs is 3. The molecule has 0 bridgehead atoms. The summed E-state index contributed by atoms with van der Waals surface area (Å²) in [4.78, 5) is 23.6. The number of thiazole rings is 1. The van der Waals surface area contributed by atoms with Gasteiger partial charge in [-0.3, -0.25) is 9.72 Å². The molecule has 2 amide bonds. The molecule has 4 heterocycles.